The van der Waals surface area contributed by atoms with Gasteiger partial charge in [-0.15, -0.1) is 0 Å². The number of benzene rings is 3. The molecule has 3 rings (SSSR count). The SMILES string of the molecule is CCCCCCCCOc1ccc(C(=O)Oc2ccc(N=Nc3ccc(C)cc3)cc2C)cc1. The molecule has 3 aromatic rings. The van der Waals surface area contributed by atoms with E-state index in [-0.39, 0.29) is 0 Å². The van der Waals surface area contributed by atoms with E-state index >= 15 is 0 Å². The van der Waals surface area contributed by atoms with Crippen LogP contribution < -0.4 is 9.47 Å². The molecule has 0 radical (unpaired) electrons. The van der Waals surface area contributed by atoms with Crippen molar-refractivity contribution in [1.82, 2.24) is 0 Å². The summed E-state index contributed by atoms with van der Waals surface area (Å²) in [5.74, 6) is 0.867. The number of aryl methyl sites for hydroxylation is 2. The summed E-state index contributed by atoms with van der Waals surface area (Å²) >= 11 is 0. The highest BCUT2D eigenvalue weighted by Gasteiger charge is 2.11. The highest BCUT2D eigenvalue weighted by atomic mass is 16.5. The number of unbranched alkanes of at least 4 members (excludes halogenated alkanes) is 5. The van der Waals surface area contributed by atoms with Gasteiger partial charge in [0, 0.05) is 0 Å². The average Bonchev–Trinajstić information content (AvgIpc) is 2.85. The van der Waals surface area contributed by atoms with Gasteiger partial charge in [0.1, 0.15) is 11.5 Å². The molecule has 5 nitrogen and oxygen atoms in total. The average molecular weight is 459 g/mol. The summed E-state index contributed by atoms with van der Waals surface area (Å²) in [6.07, 6.45) is 7.37. The zero-order valence-electron chi connectivity index (χ0n) is 20.4. The van der Waals surface area contributed by atoms with Crippen LogP contribution in [0.2, 0.25) is 0 Å². The predicted octanol–water partition coefficient (Wildman–Crippen LogP) is 8.68. The van der Waals surface area contributed by atoms with E-state index in [1.54, 1.807) is 24.3 Å². The first-order valence-electron chi connectivity index (χ1n) is 12.1. The van der Waals surface area contributed by atoms with Gasteiger partial charge in [0.2, 0.25) is 0 Å². The van der Waals surface area contributed by atoms with E-state index in [2.05, 4.69) is 17.2 Å². The minimum Gasteiger partial charge on any atom is -0.494 e. The van der Waals surface area contributed by atoms with Gasteiger partial charge in [0.15, 0.2) is 0 Å². The minimum atomic E-state index is -0.403. The van der Waals surface area contributed by atoms with Crippen LogP contribution in [0.15, 0.2) is 77.0 Å². The van der Waals surface area contributed by atoms with Crippen molar-refractivity contribution in [2.24, 2.45) is 10.2 Å². The van der Waals surface area contributed by atoms with Crippen molar-refractivity contribution in [3.8, 4) is 11.5 Å². The third-order valence-corrected chi connectivity index (χ3v) is 5.53. The van der Waals surface area contributed by atoms with Crippen LogP contribution in [-0.4, -0.2) is 12.6 Å². The number of carbonyl (C=O) groups excluding carboxylic acids is 1. The number of hydrogen-bond acceptors (Lipinski definition) is 5. The molecule has 0 atom stereocenters. The Morgan fingerprint density at radius 3 is 2.12 bits per heavy atom. The molecule has 0 saturated heterocycles. The number of rotatable bonds is 12. The molecule has 0 aliphatic carbocycles. The summed E-state index contributed by atoms with van der Waals surface area (Å²) in [5.41, 5.74) is 3.96. The van der Waals surface area contributed by atoms with Crippen LogP contribution in [0.25, 0.3) is 0 Å². The highest BCUT2D eigenvalue weighted by molar-refractivity contribution is 5.91. The minimum absolute atomic E-state index is 0.403. The van der Waals surface area contributed by atoms with Crippen LogP contribution in [0.3, 0.4) is 0 Å². The van der Waals surface area contributed by atoms with Gasteiger partial charge in [0.25, 0.3) is 0 Å². The Bertz CT molecular complexity index is 1070. The maximum absolute atomic E-state index is 12.6. The zero-order valence-corrected chi connectivity index (χ0v) is 20.4. The van der Waals surface area contributed by atoms with E-state index < -0.39 is 5.97 Å². The van der Waals surface area contributed by atoms with Crippen LogP contribution in [0.4, 0.5) is 11.4 Å². The number of esters is 1. The smallest absolute Gasteiger partial charge is 0.343 e. The first-order valence-corrected chi connectivity index (χ1v) is 12.1. The molecule has 3 aromatic carbocycles. The Kier molecular flexibility index (Phi) is 9.83. The van der Waals surface area contributed by atoms with E-state index in [9.17, 15) is 4.79 Å². The lowest BCUT2D eigenvalue weighted by Gasteiger charge is -2.09. The van der Waals surface area contributed by atoms with Gasteiger partial charge in [-0.25, -0.2) is 4.79 Å². The van der Waals surface area contributed by atoms with Crippen molar-refractivity contribution < 1.29 is 14.3 Å². The molecule has 0 N–H and O–H groups in total. The van der Waals surface area contributed by atoms with Gasteiger partial charge in [-0.05, 0) is 80.4 Å². The molecule has 0 spiro atoms. The van der Waals surface area contributed by atoms with Crippen LogP contribution in [0.5, 0.6) is 11.5 Å². The molecule has 0 fully saturated rings. The van der Waals surface area contributed by atoms with Crippen molar-refractivity contribution in [3.05, 3.63) is 83.4 Å². The Morgan fingerprint density at radius 2 is 1.41 bits per heavy atom. The van der Waals surface area contributed by atoms with Gasteiger partial charge in [0.05, 0.1) is 23.5 Å². The molecule has 0 unspecified atom stereocenters. The van der Waals surface area contributed by atoms with Crippen LogP contribution in [-0.2, 0) is 0 Å². The van der Waals surface area contributed by atoms with Crippen molar-refractivity contribution in [2.45, 2.75) is 59.3 Å². The maximum Gasteiger partial charge on any atom is 0.343 e. The molecule has 34 heavy (non-hydrogen) atoms. The molecular weight excluding hydrogens is 424 g/mol. The Labute approximate surface area is 202 Å². The monoisotopic (exact) mass is 458 g/mol. The van der Waals surface area contributed by atoms with Gasteiger partial charge in [-0.3, -0.25) is 0 Å². The molecule has 0 aliphatic rings. The quantitative estimate of drug-likeness (QED) is 0.118. The third kappa shape index (κ3) is 8.14. The summed E-state index contributed by atoms with van der Waals surface area (Å²) in [6.45, 7) is 6.83. The summed E-state index contributed by atoms with van der Waals surface area (Å²) in [7, 11) is 0. The van der Waals surface area contributed by atoms with E-state index in [1.165, 1.54) is 37.7 Å². The fourth-order valence-corrected chi connectivity index (χ4v) is 3.46. The lowest BCUT2D eigenvalue weighted by Crippen LogP contribution is -2.09. The maximum atomic E-state index is 12.6. The Morgan fingerprint density at radius 1 is 0.765 bits per heavy atom. The molecule has 0 amide bonds. The molecule has 5 heteroatoms. The van der Waals surface area contributed by atoms with Crippen LogP contribution in [0, 0.1) is 13.8 Å². The predicted molar refractivity (Wildman–Crippen MR) is 137 cm³/mol. The summed E-state index contributed by atoms with van der Waals surface area (Å²) in [5, 5.41) is 8.53. The lowest BCUT2D eigenvalue weighted by atomic mass is 10.1. The second kappa shape index (κ2) is 13.3. The molecule has 0 bridgehead atoms. The lowest BCUT2D eigenvalue weighted by molar-refractivity contribution is 0.0733. The molecule has 0 heterocycles. The third-order valence-electron chi connectivity index (χ3n) is 5.53. The van der Waals surface area contributed by atoms with Gasteiger partial charge >= 0.3 is 5.97 Å². The van der Waals surface area contributed by atoms with Crippen molar-refractivity contribution in [2.75, 3.05) is 6.61 Å². The summed E-state index contributed by atoms with van der Waals surface area (Å²) in [6, 6.07) is 20.3. The number of ether oxygens (including phenoxy) is 2. The van der Waals surface area contributed by atoms with Gasteiger partial charge in [-0.1, -0.05) is 56.7 Å². The van der Waals surface area contributed by atoms with Crippen LogP contribution >= 0.6 is 0 Å². The van der Waals surface area contributed by atoms with Crippen molar-refractivity contribution in [1.29, 1.82) is 0 Å². The number of nitrogens with zero attached hydrogens (tertiary/aromatic N) is 2. The van der Waals surface area contributed by atoms with Gasteiger partial charge < -0.3 is 9.47 Å². The van der Waals surface area contributed by atoms with E-state index in [1.807, 2.05) is 56.3 Å². The molecule has 0 aromatic heterocycles. The Hall–Kier alpha value is -3.47. The second-order valence-electron chi connectivity index (χ2n) is 8.52. The summed E-state index contributed by atoms with van der Waals surface area (Å²) in [4.78, 5) is 12.6. The first kappa shape index (κ1) is 25.2. The van der Waals surface area contributed by atoms with E-state index in [0.29, 0.717) is 23.6 Å². The van der Waals surface area contributed by atoms with Crippen molar-refractivity contribution in [3.63, 3.8) is 0 Å². The second-order valence-corrected chi connectivity index (χ2v) is 8.52. The molecule has 0 saturated carbocycles. The largest absolute Gasteiger partial charge is 0.494 e. The molecule has 0 aliphatic heterocycles. The molecule has 178 valence electrons. The first-order chi connectivity index (χ1) is 16.5. The Balaban J connectivity index is 1.49. The van der Waals surface area contributed by atoms with Gasteiger partial charge in [-0.2, -0.15) is 10.2 Å². The standard InChI is InChI=1S/C29H34N2O3/c1-4-5-6-7-8-9-20-33-27-17-12-24(13-18-27)29(32)34-28-19-16-26(21-23(28)3)31-30-25-14-10-22(2)11-15-25/h10-19,21H,4-9,20H2,1-3H3. The normalized spacial score (nSPS) is 11.0. The van der Waals surface area contributed by atoms with Crippen LogP contribution in [0.1, 0.15) is 66.9 Å². The number of carbonyl (C=O) groups is 1. The number of hydrogen-bond donors (Lipinski definition) is 0. The van der Waals surface area contributed by atoms with E-state index in [0.717, 1.165) is 23.4 Å². The number of azo groups is 1. The topological polar surface area (TPSA) is 60.2 Å². The summed E-state index contributed by atoms with van der Waals surface area (Å²) < 4.78 is 11.4. The fourth-order valence-electron chi connectivity index (χ4n) is 3.46. The molecular formula is C29H34N2O3. The highest BCUT2D eigenvalue weighted by Crippen LogP contribution is 2.26. The zero-order chi connectivity index (χ0) is 24.2. The van der Waals surface area contributed by atoms with Crippen molar-refractivity contribution >= 4 is 17.3 Å². The fraction of sp³-hybridized carbons (Fsp3) is 0.345. The van der Waals surface area contributed by atoms with E-state index in [4.69, 9.17) is 9.47 Å².